The fourth-order valence-electron chi connectivity index (χ4n) is 5.40. The van der Waals surface area contributed by atoms with E-state index in [1.807, 2.05) is 59.4 Å². The van der Waals surface area contributed by atoms with Crippen molar-refractivity contribution >= 4 is 32.9 Å². The van der Waals surface area contributed by atoms with Crippen LogP contribution in [0.2, 0.25) is 0 Å². The highest BCUT2D eigenvalue weighted by Crippen LogP contribution is 2.36. The van der Waals surface area contributed by atoms with Gasteiger partial charge in [-0.25, -0.2) is 9.97 Å². The third kappa shape index (κ3) is 3.55. The summed E-state index contributed by atoms with van der Waals surface area (Å²) in [5.41, 5.74) is 7.89. The monoisotopic (exact) mass is 502 g/mol. The van der Waals surface area contributed by atoms with Crippen LogP contribution in [0.15, 0.2) is 138 Å². The van der Waals surface area contributed by atoms with Crippen molar-refractivity contribution in [2.24, 2.45) is 0 Å². The van der Waals surface area contributed by atoms with Gasteiger partial charge in [-0.1, -0.05) is 54.6 Å². The van der Waals surface area contributed by atoms with E-state index < -0.39 is 0 Å². The van der Waals surface area contributed by atoms with Crippen LogP contribution in [-0.2, 0) is 0 Å². The molecule has 0 saturated heterocycles. The van der Waals surface area contributed by atoms with Gasteiger partial charge in [-0.05, 0) is 66.7 Å². The summed E-state index contributed by atoms with van der Waals surface area (Å²) in [5.74, 6) is 1.51. The second-order valence-corrected chi connectivity index (χ2v) is 9.59. The lowest BCUT2D eigenvalue weighted by Gasteiger charge is -2.11. The van der Waals surface area contributed by atoms with E-state index in [2.05, 4.69) is 83.4 Å². The smallest absolute Gasteiger partial charge is 0.227 e. The first-order valence-corrected chi connectivity index (χ1v) is 12.9. The van der Waals surface area contributed by atoms with Crippen LogP contribution in [-0.4, -0.2) is 19.1 Å². The molecule has 0 saturated carbocycles. The van der Waals surface area contributed by atoms with E-state index in [-0.39, 0.29) is 0 Å². The summed E-state index contributed by atoms with van der Waals surface area (Å²) in [7, 11) is 0. The van der Waals surface area contributed by atoms with Crippen LogP contribution in [0, 0.1) is 0 Å². The van der Waals surface area contributed by atoms with Gasteiger partial charge in [-0.2, -0.15) is 0 Å². The van der Waals surface area contributed by atoms with Gasteiger partial charge in [0.2, 0.25) is 5.89 Å². The first-order chi connectivity index (χ1) is 19.3. The molecular formula is C34H22N4O. The fourth-order valence-corrected chi connectivity index (χ4v) is 5.40. The molecule has 8 aromatic rings. The lowest BCUT2D eigenvalue weighted by molar-refractivity contribution is 0.620. The van der Waals surface area contributed by atoms with Gasteiger partial charge in [0, 0.05) is 40.0 Å². The molecule has 0 aliphatic carbocycles. The quantitative estimate of drug-likeness (QED) is 0.243. The van der Waals surface area contributed by atoms with Gasteiger partial charge in [0.25, 0.3) is 0 Å². The zero-order valence-corrected chi connectivity index (χ0v) is 20.9. The van der Waals surface area contributed by atoms with Crippen molar-refractivity contribution in [3.63, 3.8) is 0 Å². The van der Waals surface area contributed by atoms with Crippen molar-refractivity contribution in [1.29, 1.82) is 0 Å². The maximum absolute atomic E-state index is 6.11. The van der Waals surface area contributed by atoms with E-state index in [9.17, 15) is 0 Å². The molecule has 5 nitrogen and oxygen atoms in total. The maximum atomic E-state index is 6.11. The largest absolute Gasteiger partial charge is 0.436 e. The highest BCUT2D eigenvalue weighted by atomic mass is 16.3. The molecule has 184 valence electrons. The zero-order valence-electron chi connectivity index (χ0n) is 20.9. The Balaban J connectivity index is 1.31. The SMILES string of the molecule is c1cc(-c2cccc(-n3cccc3)n2)cc(-n2c3ccccc3c3ccc(-c4nc5ccccc5o4)cc32)c1. The number of aromatic nitrogens is 4. The summed E-state index contributed by atoms with van der Waals surface area (Å²) in [6, 6.07) is 41.6. The first-order valence-electron chi connectivity index (χ1n) is 12.9. The number of hydrogen-bond donors (Lipinski definition) is 0. The standard InChI is InChI=1S/C34H22N4O/c1-3-14-30-26(11-1)27-18-17-24(34-36-29-12-2-4-15-32(29)39-34)22-31(27)38(30)25-10-7-9-23(21-25)28-13-8-16-33(35-28)37-19-5-6-20-37/h1-22H. The second kappa shape index (κ2) is 8.57. The van der Waals surface area contributed by atoms with Gasteiger partial charge in [-0.3, -0.25) is 0 Å². The fraction of sp³-hybridized carbons (Fsp3) is 0. The molecule has 0 bridgehead atoms. The Morgan fingerprint density at radius 2 is 1.38 bits per heavy atom. The molecule has 0 aliphatic rings. The molecular weight excluding hydrogens is 480 g/mol. The Labute approximate surface area is 224 Å². The second-order valence-electron chi connectivity index (χ2n) is 9.59. The highest BCUT2D eigenvalue weighted by molar-refractivity contribution is 6.10. The van der Waals surface area contributed by atoms with Gasteiger partial charge < -0.3 is 13.6 Å². The number of fused-ring (bicyclic) bond motifs is 4. The number of oxazole rings is 1. The predicted octanol–water partition coefficient (Wildman–Crippen LogP) is 8.44. The average Bonchev–Trinajstić information content (AvgIpc) is 3.75. The van der Waals surface area contributed by atoms with Crippen LogP contribution < -0.4 is 0 Å². The lowest BCUT2D eigenvalue weighted by Crippen LogP contribution is -1.97. The number of rotatable bonds is 4. The normalized spacial score (nSPS) is 11.6. The van der Waals surface area contributed by atoms with Crippen molar-refractivity contribution in [2.45, 2.75) is 0 Å². The number of pyridine rings is 1. The Morgan fingerprint density at radius 3 is 2.31 bits per heavy atom. The molecule has 0 radical (unpaired) electrons. The number of benzene rings is 4. The molecule has 0 N–H and O–H groups in total. The Hall–Kier alpha value is -5.42. The molecule has 0 spiro atoms. The molecule has 39 heavy (non-hydrogen) atoms. The topological polar surface area (TPSA) is 48.8 Å². The summed E-state index contributed by atoms with van der Waals surface area (Å²) in [5, 5.41) is 2.39. The van der Waals surface area contributed by atoms with Crippen LogP contribution in [0.1, 0.15) is 0 Å². The summed E-state index contributed by atoms with van der Waals surface area (Å²) in [4.78, 5) is 9.68. The third-order valence-corrected chi connectivity index (χ3v) is 7.22. The van der Waals surface area contributed by atoms with Crippen molar-refractivity contribution in [1.82, 2.24) is 19.1 Å². The van der Waals surface area contributed by atoms with Gasteiger partial charge in [-0.15, -0.1) is 0 Å². The van der Waals surface area contributed by atoms with Gasteiger partial charge in [0.1, 0.15) is 11.3 Å². The van der Waals surface area contributed by atoms with Crippen LogP contribution in [0.3, 0.4) is 0 Å². The first kappa shape index (κ1) is 21.6. The Bertz CT molecular complexity index is 2100. The number of nitrogens with zero attached hydrogens (tertiary/aromatic N) is 4. The average molecular weight is 503 g/mol. The minimum absolute atomic E-state index is 0.620. The molecule has 0 amide bonds. The molecule has 0 fully saturated rings. The van der Waals surface area contributed by atoms with Crippen molar-refractivity contribution in [3.8, 4) is 34.2 Å². The summed E-state index contributed by atoms with van der Waals surface area (Å²) in [6.07, 6.45) is 4.02. The minimum Gasteiger partial charge on any atom is -0.436 e. The highest BCUT2D eigenvalue weighted by Gasteiger charge is 2.16. The molecule has 4 aromatic carbocycles. The minimum atomic E-state index is 0.620. The molecule has 0 unspecified atom stereocenters. The Morgan fingerprint density at radius 1 is 0.564 bits per heavy atom. The van der Waals surface area contributed by atoms with E-state index in [4.69, 9.17) is 14.4 Å². The van der Waals surface area contributed by atoms with Gasteiger partial charge in [0.15, 0.2) is 5.58 Å². The molecule has 0 aliphatic heterocycles. The van der Waals surface area contributed by atoms with Crippen LogP contribution in [0.25, 0.3) is 67.1 Å². The van der Waals surface area contributed by atoms with E-state index in [1.54, 1.807) is 0 Å². The maximum Gasteiger partial charge on any atom is 0.227 e. The summed E-state index contributed by atoms with van der Waals surface area (Å²) in [6.45, 7) is 0. The van der Waals surface area contributed by atoms with E-state index in [1.165, 1.54) is 10.8 Å². The molecule has 4 heterocycles. The van der Waals surface area contributed by atoms with E-state index in [0.29, 0.717) is 5.89 Å². The number of para-hydroxylation sites is 3. The summed E-state index contributed by atoms with van der Waals surface area (Å²) >= 11 is 0. The van der Waals surface area contributed by atoms with Crippen molar-refractivity contribution in [2.75, 3.05) is 0 Å². The van der Waals surface area contributed by atoms with Crippen LogP contribution >= 0.6 is 0 Å². The van der Waals surface area contributed by atoms with Crippen LogP contribution in [0.4, 0.5) is 0 Å². The number of hydrogen-bond acceptors (Lipinski definition) is 3. The molecule has 5 heteroatoms. The summed E-state index contributed by atoms with van der Waals surface area (Å²) < 4.78 is 10.4. The zero-order chi connectivity index (χ0) is 25.8. The molecule has 8 rings (SSSR count). The van der Waals surface area contributed by atoms with Crippen molar-refractivity contribution < 1.29 is 4.42 Å². The van der Waals surface area contributed by atoms with Gasteiger partial charge >= 0.3 is 0 Å². The van der Waals surface area contributed by atoms with E-state index in [0.717, 1.165) is 50.5 Å². The molecule has 0 atom stereocenters. The molecule has 4 aromatic heterocycles. The Kier molecular flexibility index (Phi) is 4.76. The third-order valence-electron chi connectivity index (χ3n) is 7.22. The van der Waals surface area contributed by atoms with Crippen molar-refractivity contribution in [3.05, 3.63) is 134 Å². The van der Waals surface area contributed by atoms with E-state index >= 15 is 0 Å². The van der Waals surface area contributed by atoms with Gasteiger partial charge in [0.05, 0.1) is 16.7 Å². The predicted molar refractivity (Wildman–Crippen MR) is 156 cm³/mol. The lowest BCUT2D eigenvalue weighted by atomic mass is 10.1. The van der Waals surface area contributed by atoms with Crippen LogP contribution in [0.5, 0.6) is 0 Å².